The normalized spacial score (nSPS) is 24.1. The van der Waals surface area contributed by atoms with Crippen LogP contribution in [-0.2, 0) is 42.2 Å². The van der Waals surface area contributed by atoms with Crippen molar-refractivity contribution in [1.82, 2.24) is 20.4 Å². The zero-order valence-corrected chi connectivity index (χ0v) is 47.3. The summed E-state index contributed by atoms with van der Waals surface area (Å²) in [6.07, 6.45) is 1.48. The van der Waals surface area contributed by atoms with Crippen LogP contribution in [0.3, 0.4) is 0 Å². The van der Waals surface area contributed by atoms with E-state index in [-0.39, 0.29) is 66.5 Å². The maximum Gasteiger partial charge on any atom is 0.408 e. The van der Waals surface area contributed by atoms with Crippen molar-refractivity contribution >= 4 is 47.5 Å². The number of carbonyl (C=O) groups excluding carboxylic acids is 4. The van der Waals surface area contributed by atoms with Gasteiger partial charge in [0.25, 0.3) is 0 Å². The largest absolute Gasteiger partial charge is 0.504 e. The fraction of sp³-hybridized carbons (Fsp3) is 0.393. The molecule has 81 heavy (non-hydrogen) atoms. The summed E-state index contributed by atoms with van der Waals surface area (Å²) in [5.41, 5.74) is 8.49. The molecule has 1 aliphatic carbocycles. The van der Waals surface area contributed by atoms with Gasteiger partial charge in [0.15, 0.2) is 40.0 Å². The highest BCUT2D eigenvalue weighted by Gasteiger charge is 2.62. The topological polar surface area (TPSA) is 217 Å². The molecule has 7 heterocycles. The molecule has 1 amide bonds. The van der Waals surface area contributed by atoms with Gasteiger partial charge >= 0.3 is 24.0 Å². The molecule has 18 nitrogen and oxygen atoms in total. The summed E-state index contributed by atoms with van der Waals surface area (Å²) in [4.78, 5) is 60.6. The Hall–Kier alpha value is -7.41. The zero-order valence-electron chi connectivity index (χ0n) is 45.6. The van der Waals surface area contributed by atoms with Crippen LogP contribution in [0.5, 0.6) is 40.2 Å². The number of thioether (sulfide) groups is 2. The summed E-state index contributed by atoms with van der Waals surface area (Å²) in [7, 11) is 4.94. The van der Waals surface area contributed by atoms with Crippen molar-refractivity contribution < 1.29 is 62.2 Å². The van der Waals surface area contributed by atoms with Gasteiger partial charge in [-0.25, -0.2) is 14.4 Å². The maximum atomic E-state index is 15.4. The Morgan fingerprint density at radius 2 is 1.72 bits per heavy atom. The van der Waals surface area contributed by atoms with Gasteiger partial charge in [0, 0.05) is 71.0 Å². The minimum absolute atomic E-state index is 0.00247. The number of esters is 3. The number of alkyl carbamates (subject to hydrolysis) is 1. The van der Waals surface area contributed by atoms with E-state index in [0.29, 0.717) is 75.8 Å². The third kappa shape index (κ3) is 8.81. The second-order valence-corrected chi connectivity index (χ2v) is 23.5. The highest BCUT2D eigenvalue weighted by molar-refractivity contribution is 7.99. The molecule has 13 rings (SSSR count). The summed E-state index contributed by atoms with van der Waals surface area (Å²) in [6, 6.07) is 20.4. The smallest absolute Gasteiger partial charge is 0.408 e. The zero-order chi connectivity index (χ0) is 56.6. The Morgan fingerprint density at radius 3 is 2.42 bits per heavy atom. The van der Waals surface area contributed by atoms with Crippen molar-refractivity contribution in [1.29, 1.82) is 5.26 Å². The third-order valence-electron chi connectivity index (χ3n) is 17.1. The molecule has 420 valence electrons. The highest BCUT2D eigenvalue weighted by Crippen LogP contribution is 2.65. The molecule has 3 N–H and O–H groups in total. The number of nitrogens with one attached hydrogen (secondary N) is 2. The van der Waals surface area contributed by atoms with Gasteiger partial charge in [-0.3, -0.25) is 19.9 Å². The number of phenolic OH excluding ortho intramolecular Hbond substituents is 1. The summed E-state index contributed by atoms with van der Waals surface area (Å²) in [5, 5.41) is 29.3. The molecule has 2 fully saturated rings. The number of phenols is 1. The van der Waals surface area contributed by atoms with Crippen LogP contribution in [0.1, 0.15) is 85.8 Å². The molecule has 7 aliphatic heterocycles. The number of fused-ring (bicyclic) bond motifs is 12. The van der Waals surface area contributed by atoms with Gasteiger partial charge in [-0.2, -0.15) is 17.0 Å². The number of carbonyl (C=O) groups is 4. The van der Waals surface area contributed by atoms with E-state index < -0.39 is 65.0 Å². The number of aromatic hydroxyl groups is 1. The lowest BCUT2D eigenvalue weighted by atomic mass is 9.71. The first kappa shape index (κ1) is 54.2. The number of amides is 1. The second-order valence-electron chi connectivity index (χ2n) is 21.3. The summed E-state index contributed by atoms with van der Waals surface area (Å²) < 4.78 is 48.6. The number of likely N-dealkylation sites (N-methyl/N-ethyl adjacent to an activating group) is 1. The van der Waals surface area contributed by atoms with Crippen LogP contribution >= 0.6 is 23.5 Å². The van der Waals surface area contributed by atoms with Gasteiger partial charge in [0.05, 0.1) is 37.6 Å². The van der Waals surface area contributed by atoms with Crippen LogP contribution in [0.15, 0.2) is 79.4 Å². The van der Waals surface area contributed by atoms with Crippen molar-refractivity contribution in [2.75, 3.05) is 65.1 Å². The van der Waals surface area contributed by atoms with Gasteiger partial charge < -0.3 is 48.3 Å². The van der Waals surface area contributed by atoms with Gasteiger partial charge in [-0.05, 0) is 90.4 Å². The minimum atomic E-state index is -1.54. The van der Waals surface area contributed by atoms with E-state index in [4.69, 9.17) is 37.9 Å². The Bertz CT molecular complexity index is 3450. The number of methoxy groups -OCH3 is 2. The van der Waals surface area contributed by atoms with Crippen LogP contribution < -0.4 is 39.1 Å². The number of nitriles is 1. The van der Waals surface area contributed by atoms with E-state index in [1.165, 1.54) is 73.0 Å². The van der Waals surface area contributed by atoms with Crippen LogP contribution in [0.2, 0.25) is 0 Å². The first-order chi connectivity index (χ1) is 39.2. The lowest BCUT2D eigenvalue weighted by molar-refractivity contribution is -0.157. The minimum Gasteiger partial charge on any atom is -0.504 e. The molecule has 2 saturated heterocycles. The monoisotopic (exact) mass is 1140 g/mol. The molecule has 8 atom stereocenters. The summed E-state index contributed by atoms with van der Waals surface area (Å²) in [5.74, 6) is 0.636. The van der Waals surface area contributed by atoms with Gasteiger partial charge in [-0.15, -0.1) is 11.8 Å². The van der Waals surface area contributed by atoms with Crippen molar-refractivity contribution in [2.24, 2.45) is 0 Å². The van der Waals surface area contributed by atoms with Crippen molar-refractivity contribution in [3.05, 3.63) is 135 Å². The number of piperazine rings is 1. The molecule has 5 aromatic rings. The lowest BCUT2D eigenvalue weighted by Gasteiger charge is -2.62. The molecule has 2 unspecified atom stereocenters. The van der Waals surface area contributed by atoms with Gasteiger partial charge in [-0.1, -0.05) is 67.3 Å². The van der Waals surface area contributed by atoms with E-state index in [0.717, 1.165) is 11.1 Å². The van der Waals surface area contributed by atoms with Crippen molar-refractivity contribution in [2.45, 2.75) is 86.6 Å². The fourth-order valence-corrected chi connectivity index (χ4v) is 16.5. The molecule has 20 heteroatoms. The lowest BCUT2D eigenvalue weighted by Crippen LogP contribution is -2.69. The standard InChI is InChI=1S/C61H61N5O13S2/c1-8-19-74-60(71)64-41(27-80-26-39-37-15-11-9-13-35(37)36-14-10-12-16-38(36)39)58(69)79-46-22-33-17-18-63-61(40(33)23-45(46)72-6)28-81-57-49-48(56-55(76-29-77-56)31(3)54(49)78-32(4)67)44(25-75-59(61)70)66-43(24-62)42-21-34-20-30(2)53(73-7)52(68)47(34)50(51(57)66)65(42)5/h8-16,20,22-23,39,41-44,50-51,57,63,68H,1,17-19,21,25-29H2,2-7H3,(H,64,71)/t41?,42-,43+,44-,50-,51?,57-,61-/m1/s1. The van der Waals surface area contributed by atoms with E-state index in [1.807, 2.05) is 51.2 Å². The predicted molar refractivity (Wildman–Crippen MR) is 301 cm³/mol. The molecule has 1 spiro atoms. The molecule has 0 radical (unpaired) electrons. The fourth-order valence-electron chi connectivity index (χ4n) is 13.7. The van der Waals surface area contributed by atoms with Crippen molar-refractivity contribution in [3.8, 4) is 57.4 Å². The Balaban J connectivity index is 0.919. The van der Waals surface area contributed by atoms with Gasteiger partial charge in [0.1, 0.15) is 31.0 Å². The van der Waals surface area contributed by atoms with Crippen molar-refractivity contribution in [3.63, 3.8) is 0 Å². The average Bonchev–Trinajstić information content (AvgIpc) is 4.32. The highest BCUT2D eigenvalue weighted by atomic mass is 32.2. The third-order valence-corrected chi connectivity index (χ3v) is 19.7. The van der Waals surface area contributed by atoms with Gasteiger partial charge in [0.2, 0.25) is 6.79 Å². The second kappa shape index (κ2) is 21.5. The summed E-state index contributed by atoms with van der Waals surface area (Å²) in [6.45, 7) is 8.55. The van der Waals surface area contributed by atoms with Crippen LogP contribution in [-0.4, -0.2) is 128 Å². The maximum absolute atomic E-state index is 15.4. The van der Waals surface area contributed by atoms with E-state index >= 15 is 4.79 Å². The molecule has 5 aromatic carbocycles. The first-order valence-electron chi connectivity index (χ1n) is 26.9. The van der Waals surface area contributed by atoms with E-state index in [9.17, 15) is 24.8 Å². The number of aryl methyl sites for hydroxylation is 1. The van der Waals surface area contributed by atoms with E-state index in [2.05, 4.69) is 57.3 Å². The molecule has 8 aliphatic rings. The number of hydrogen-bond donors (Lipinski definition) is 3. The van der Waals surface area contributed by atoms with E-state index in [1.54, 1.807) is 12.1 Å². The van der Waals surface area contributed by atoms with Crippen LogP contribution in [0, 0.1) is 25.2 Å². The van der Waals surface area contributed by atoms with Crippen LogP contribution in [0.25, 0.3) is 11.1 Å². The molecular weight excluding hydrogens is 1070 g/mol. The quantitative estimate of drug-likeness (QED) is 0.0612. The Kier molecular flexibility index (Phi) is 14.4. The number of nitrogens with zero attached hydrogens (tertiary/aromatic N) is 3. The Morgan fingerprint density at radius 1 is 0.975 bits per heavy atom. The first-order valence-corrected chi connectivity index (χ1v) is 29.1. The van der Waals surface area contributed by atoms with Crippen LogP contribution in [0.4, 0.5) is 4.79 Å². The number of hydrogen-bond acceptors (Lipinski definition) is 19. The molecule has 0 saturated carbocycles. The molecular formula is C61H61N5O13S2. The SMILES string of the molecule is C=CCOC(=O)NC(CSCC1c2ccccc2-c2ccccc21)C(=O)Oc1cc2c(cc1OC)[C@@]1(CS[C@@H]3c4c(OC(C)=O)c(C)c5c(c4[C@@H](COC1=O)N1C3[C@H]3c4c(cc(C)c(OC)c4O)C[C@H]([C@@H]1C#N)N3C)OCO5)NCC2. The predicted octanol–water partition coefficient (Wildman–Crippen LogP) is 8.01. The number of rotatable bonds is 12. The molecule has 0 aromatic heterocycles. The Labute approximate surface area is 477 Å². The number of benzene rings is 5. The summed E-state index contributed by atoms with van der Waals surface area (Å²) >= 11 is 2.94. The number of ether oxygens (including phenoxy) is 8. The molecule has 4 bridgehead atoms. The average molecular weight is 1140 g/mol.